The molecule has 0 aliphatic heterocycles. The van der Waals surface area contributed by atoms with E-state index in [2.05, 4.69) is 19.2 Å². The Kier molecular flexibility index (Phi) is 7.23. The second kappa shape index (κ2) is 8.16. The Bertz CT molecular complexity index is 306. The van der Waals surface area contributed by atoms with E-state index in [-0.39, 0.29) is 5.25 Å². The van der Waals surface area contributed by atoms with Gasteiger partial charge in [0.15, 0.2) is 9.84 Å². The molecule has 1 aliphatic carbocycles. The van der Waals surface area contributed by atoms with E-state index in [4.69, 9.17) is 0 Å². The zero-order chi connectivity index (χ0) is 13.4. The van der Waals surface area contributed by atoms with Crippen LogP contribution in [0.2, 0.25) is 0 Å². The van der Waals surface area contributed by atoms with Gasteiger partial charge < -0.3 is 5.32 Å². The van der Waals surface area contributed by atoms with Gasteiger partial charge in [0.2, 0.25) is 0 Å². The van der Waals surface area contributed by atoms with Crippen molar-refractivity contribution in [2.24, 2.45) is 5.92 Å². The summed E-state index contributed by atoms with van der Waals surface area (Å²) in [5, 5.41) is 3.20. The van der Waals surface area contributed by atoms with Gasteiger partial charge in [-0.05, 0) is 38.1 Å². The standard InChI is InChI=1S/C14H29NO2S/c1-13(2)7-6-10-15-11-12-18(16,17)14-8-4-3-5-9-14/h13-15H,3-12H2,1-2H3. The number of rotatable bonds is 8. The summed E-state index contributed by atoms with van der Waals surface area (Å²) in [4.78, 5) is 0. The van der Waals surface area contributed by atoms with Crippen molar-refractivity contribution in [3.05, 3.63) is 0 Å². The molecule has 0 heterocycles. The van der Waals surface area contributed by atoms with E-state index in [1.54, 1.807) is 0 Å². The van der Waals surface area contributed by atoms with Crippen LogP contribution in [0.5, 0.6) is 0 Å². The molecule has 0 unspecified atom stereocenters. The summed E-state index contributed by atoms with van der Waals surface area (Å²) in [6.07, 6.45) is 7.51. The third-order valence-corrected chi connectivity index (χ3v) is 6.02. The number of hydrogen-bond acceptors (Lipinski definition) is 3. The van der Waals surface area contributed by atoms with Gasteiger partial charge in [-0.25, -0.2) is 8.42 Å². The predicted molar refractivity (Wildman–Crippen MR) is 77.6 cm³/mol. The molecule has 0 aromatic heterocycles. The molecule has 1 N–H and O–H groups in total. The van der Waals surface area contributed by atoms with E-state index in [1.807, 2.05) is 0 Å². The van der Waals surface area contributed by atoms with Crippen molar-refractivity contribution in [2.45, 2.75) is 64.0 Å². The lowest BCUT2D eigenvalue weighted by Crippen LogP contribution is -2.31. The molecule has 0 aromatic rings. The summed E-state index contributed by atoms with van der Waals surface area (Å²) in [5.74, 6) is 1.05. The zero-order valence-electron chi connectivity index (χ0n) is 12.0. The Balaban J connectivity index is 2.13. The molecule has 1 saturated carbocycles. The first-order valence-corrected chi connectivity index (χ1v) is 9.16. The van der Waals surface area contributed by atoms with Crippen LogP contribution in [0.4, 0.5) is 0 Å². The molecule has 0 atom stereocenters. The third-order valence-electron chi connectivity index (χ3n) is 3.76. The zero-order valence-corrected chi connectivity index (χ0v) is 12.8. The van der Waals surface area contributed by atoms with Gasteiger partial charge in [-0.2, -0.15) is 0 Å². The highest BCUT2D eigenvalue weighted by Gasteiger charge is 2.26. The fourth-order valence-corrected chi connectivity index (χ4v) is 4.38. The van der Waals surface area contributed by atoms with Crippen LogP contribution in [0.25, 0.3) is 0 Å². The summed E-state index contributed by atoms with van der Waals surface area (Å²) in [5.41, 5.74) is 0. The van der Waals surface area contributed by atoms with E-state index in [0.717, 1.165) is 44.6 Å². The van der Waals surface area contributed by atoms with E-state index >= 15 is 0 Å². The van der Waals surface area contributed by atoms with Crippen LogP contribution in [-0.4, -0.2) is 32.5 Å². The van der Waals surface area contributed by atoms with Crippen molar-refractivity contribution < 1.29 is 8.42 Å². The minimum Gasteiger partial charge on any atom is -0.316 e. The fourth-order valence-electron chi connectivity index (χ4n) is 2.57. The third kappa shape index (κ3) is 6.19. The number of hydrogen-bond donors (Lipinski definition) is 1. The highest BCUT2D eigenvalue weighted by molar-refractivity contribution is 7.92. The summed E-state index contributed by atoms with van der Waals surface area (Å²) >= 11 is 0. The quantitative estimate of drug-likeness (QED) is 0.693. The maximum absolute atomic E-state index is 12.1. The number of sulfone groups is 1. The molecule has 108 valence electrons. The second-order valence-electron chi connectivity index (χ2n) is 5.91. The van der Waals surface area contributed by atoms with Crippen LogP contribution in [0.3, 0.4) is 0 Å². The fraction of sp³-hybridized carbons (Fsp3) is 1.00. The lowest BCUT2D eigenvalue weighted by Gasteiger charge is -2.21. The largest absolute Gasteiger partial charge is 0.316 e. The smallest absolute Gasteiger partial charge is 0.154 e. The van der Waals surface area contributed by atoms with Gasteiger partial charge >= 0.3 is 0 Å². The van der Waals surface area contributed by atoms with Crippen LogP contribution in [0, 0.1) is 5.92 Å². The SMILES string of the molecule is CC(C)CCCNCCS(=O)(=O)C1CCCCC1. The molecule has 3 nitrogen and oxygen atoms in total. The van der Waals surface area contributed by atoms with Crippen LogP contribution >= 0.6 is 0 Å². The molecule has 18 heavy (non-hydrogen) atoms. The minimum atomic E-state index is -2.85. The molecule has 0 aromatic carbocycles. The molecule has 1 rings (SSSR count). The molecule has 0 bridgehead atoms. The molecule has 0 radical (unpaired) electrons. The van der Waals surface area contributed by atoms with Crippen molar-refractivity contribution in [2.75, 3.05) is 18.8 Å². The van der Waals surface area contributed by atoms with E-state index in [1.165, 1.54) is 12.8 Å². The van der Waals surface area contributed by atoms with Gasteiger partial charge in [-0.3, -0.25) is 0 Å². The van der Waals surface area contributed by atoms with Crippen LogP contribution in [-0.2, 0) is 9.84 Å². The van der Waals surface area contributed by atoms with Crippen molar-refractivity contribution >= 4 is 9.84 Å². The molecule has 0 spiro atoms. The lowest BCUT2D eigenvalue weighted by atomic mass is 10.0. The van der Waals surface area contributed by atoms with Gasteiger partial charge in [0, 0.05) is 6.54 Å². The Labute approximate surface area is 113 Å². The van der Waals surface area contributed by atoms with Crippen LogP contribution in [0.1, 0.15) is 58.8 Å². The molecule has 1 fully saturated rings. The second-order valence-corrected chi connectivity index (χ2v) is 8.31. The first kappa shape index (κ1) is 16.0. The summed E-state index contributed by atoms with van der Waals surface area (Å²) < 4.78 is 24.2. The molecule has 0 saturated heterocycles. The van der Waals surface area contributed by atoms with Gasteiger partial charge in [0.05, 0.1) is 11.0 Å². The van der Waals surface area contributed by atoms with Crippen molar-refractivity contribution in [3.63, 3.8) is 0 Å². The Hall–Kier alpha value is -0.0900. The average Bonchev–Trinajstić information content (AvgIpc) is 2.34. The molecule has 0 amide bonds. The van der Waals surface area contributed by atoms with Crippen LogP contribution in [0.15, 0.2) is 0 Å². The summed E-state index contributed by atoms with van der Waals surface area (Å²) in [7, 11) is -2.85. The van der Waals surface area contributed by atoms with Gasteiger partial charge in [0.25, 0.3) is 0 Å². The van der Waals surface area contributed by atoms with Crippen molar-refractivity contribution in [1.29, 1.82) is 0 Å². The van der Waals surface area contributed by atoms with E-state index in [0.29, 0.717) is 12.3 Å². The minimum absolute atomic E-state index is 0.0521. The van der Waals surface area contributed by atoms with Crippen LogP contribution < -0.4 is 5.32 Å². The lowest BCUT2D eigenvalue weighted by molar-refractivity contribution is 0.482. The topological polar surface area (TPSA) is 46.2 Å². The normalized spacial score (nSPS) is 18.4. The first-order valence-electron chi connectivity index (χ1n) is 7.44. The Morgan fingerprint density at radius 1 is 1.11 bits per heavy atom. The average molecular weight is 275 g/mol. The maximum Gasteiger partial charge on any atom is 0.154 e. The van der Waals surface area contributed by atoms with E-state index < -0.39 is 9.84 Å². The van der Waals surface area contributed by atoms with Gasteiger partial charge in [-0.1, -0.05) is 33.1 Å². The Morgan fingerprint density at radius 3 is 2.39 bits per heavy atom. The first-order chi connectivity index (χ1) is 8.52. The highest BCUT2D eigenvalue weighted by atomic mass is 32.2. The van der Waals surface area contributed by atoms with Crippen molar-refractivity contribution in [3.8, 4) is 0 Å². The highest BCUT2D eigenvalue weighted by Crippen LogP contribution is 2.23. The summed E-state index contributed by atoms with van der Waals surface area (Å²) in [6, 6.07) is 0. The number of nitrogens with one attached hydrogen (secondary N) is 1. The molecule has 1 aliphatic rings. The summed E-state index contributed by atoms with van der Waals surface area (Å²) in [6.45, 7) is 6.00. The van der Waals surface area contributed by atoms with E-state index in [9.17, 15) is 8.42 Å². The van der Waals surface area contributed by atoms with Gasteiger partial charge in [0.1, 0.15) is 0 Å². The molecule has 4 heteroatoms. The molecular formula is C14H29NO2S. The van der Waals surface area contributed by atoms with Crippen molar-refractivity contribution in [1.82, 2.24) is 5.32 Å². The Morgan fingerprint density at radius 2 is 1.78 bits per heavy atom. The predicted octanol–water partition coefficient (Wildman–Crippen LogP) is 2.76. The maximum atomic E-state index is 12.1. The molecular weight excluding hydrogens is 246 g/mol. The monoisotopic (exact) mass is 275 g/mol. The van der Waals surface area contributed by atoms with Gasteiger partial charge in [-0.15, -0.1) is 0 Å².